The smallest absolute Gasteiger partial charge is 0.254 e. The lowest BCUT2D eigenvalue weighted by molar-refractivity contribution is -0.117. The number of benzene rings is 2. The highest BCUT2D eigenvalue weighted by Crippen LogP contribution is 2.20. The van der Waals surface area contributed by atoms with Crippen LogP contribution in [0.2, 0.25) is 0 Å². The van der Waals surface area contributed by atoms with Crippen molar-refractivity contribution in [2.24, 2.45) is 0 Å². The van der Waals surface area contributed by atoms with E-state index < -0.39 is 0 Å². The fraction of sp³-hybridized carbons (Fsp3) is 0.320. The molecule has 0 bridgehead atoms. The second-order valence-electron chi connectivity index (χ2n) is 7.57. The van der Waals surface area contributed by atoms with E-state index in [1.165, 1.54) is 0 Å². The zero-order valence-corrected chi connectivity index (χ0v) is 18.9. The molecule has 3 rings (SSSR count). The first-order valence-electron chi connectivity index (χ1n) is 10.9. The minimum atomic E-state index is -0.313. The van der Waals surface area contributed by atoms with Crippen molar-refractivity contribution in [1.29, 1.82) is 0 Å². The molecule has 0 saturated carbocycles. The molecule has 0 radical (unpaired) electrons. The van der Waals surface area contributed by atoms with Crippen molar-refractivity contribution in [3.63, 3.8) is 0 Å². The lowest BCUT2D eigenvalue weighted by atomic mass is 10.0. The fourth-order valence-electron chi connectivity index (χ4n) is 3.45. The van der Waals surface area contributed by atoms with Gasteiger partial charge in [-0.3, -0.25) is 9.59 Å². The minimum absolute atomic E-state index is 0.0630. The second kappa shape index (κ2) is 11.2. The molecule has 0 saturated heterocycles. The zero-order chi connectivity index (χ0) is 22.9. The maximum Gasteiger partial charge on any atom is 0.254 e. The Kier molecular flexibility index (Phi) is 8.16. The molecular weight excluding hydrogens is 404 g/mol. The number of aromatic nitrogens is 1. The van der Waals surface area contributed by atoms with Crippen molar-refractivity contribution in [1.82, 2.24) is 15.0 Å². The Balaban J connectivity index is 1.73. The van der Waals surface area contributed by atoms with E-state index in [2.05, 4.69) is 29.2 Å². The van der Waals surface area contributed by atoms with Crippen molar-refractivity contribution >= 4 is 17.6 Å². The van der Waals surface area contributed by atoms with Gasteiger partial charge in [0.25, 0.3) is 5.91 Å². The molecule has 32 heavy (non-hydrogen) atoms. The summed E-state index contributed by atoms with van der Waals surface area (Å²) in [6.07, 6.45) is 0. The summed E-state index contributed by atoms with van der Waals surface area (Å²) >= 11 is 0. The first-order valence-corrected chi connectivity index (χ1v) is 10.9. The van der Waals surface area contributed by atoms with Crippen LogP contribution in [0.1, 0.15) is 30.0 Å². The Morgan fingerprint density at radius 3 is 2.19 bits per heavy atom. The molecule has 0 aliphatic carbocycles. The van der Waals surface area contributed by atoms with E-state index in [0.717, 1.165) is 24.2 Å². The number of nitrogens with one attached hydrogen (secondary N) is 1. The maximum absolute atomic E-state index is 13.3. The zero-order valence-electron chi connectivity index (χ0n) is 18.9. The quantitative estimate of drug-likeness (QED) is 0.520. The van der Waals surface area contributed by atoms with Crippen LogP contribution in [0.3, 0.4) is 0 Å². The number of rotatable bonds is 10. The van der Waals surface area contributed by atoms with Crippen LogP contribution < -0.4 is 5.32 Å². The molecule has 168 valence electrons. The van der Waals surface area contributed by atoms with Crippen molar-refractivity contribution < 1.29 is 14.1 Å². The maximum atomic E-state index is 13.3. The van der Waals surface area contributed by atoms with Gasteiger partial charge in [-0.15, -0.1) is 0 Å². The van der Waals surface area contributed by atoms with Gasteiger partial charge in [0.05, 0.1) is 0 Å². The summed E-state index contributed by atoms with van der Waals surface area (Å²) < 4.78 is 4.99. The van der Waals surface area contributed by atoms with Crippen LogP contribution in [0.15, 0.2) is 65.2 Å². The summed E-state index contributed by atoms with van der Waals surface area (Å²) in [5.41, 5.74) is 2.68. The molecule has 0 fully saturated rings. The molecule has 0 spiro atoms. The van der Waals surface area contributed by atoms with Gasteiger partial charge in [-0.1, -0.05) is 61.5 Å². The number of hydrogen-bond donors (Lipinski definition) is 1. The number of carbonyl (C=O) groups is 2. The number of likely N-dealkylation sites (N-methyl/N-ethyl adjacent to an activating group) is 1. The molecule has 1 aromatic heterocycles. The largest absolute Gasteiger partial charge is 0.360 e. The van der Waals surface area contributed by atoms with Gasteiger partial charge >= 0.3 is 0 Å². The molecule has 0 atom stereocenters. The highest BCUT2D eigenvalue weighted by atomic mass is 16.5. The highest BCUT2D eigenvalue weighted by molar-refractivity contribution is 5.99. The fourth-order valence-corrected chi connectivity index (χ4v) is 3.45. The molecule has 1 heterocycles. The lowest BCUT2D eigenvalue weighted by Gasteiger charge is -2.26. The Morgan fingerprint density at radius 2 is 1.59 bits per heavy atom. The van der Waals surface area contributed by atoms with Crippen molar-refractivity contribution in [3.05, 3.63) is 72.0 Å². The topological polar surface area (TPSA) is 78.7 Å². The third-order valence-corrected chi connectivity index (χ3v) is 5.34. The summed E-state index contributed by atoms with van der Waals surface area (Å²) in [4.78, 5) is 29.7. The number of hydrogen-bond acceptors (Lipinski definition) is 5. The van der Waals surface area contributed by atoms with E-state index in [1.807, 2.05) is 54.6 Å². The second-order valence-corrected chi connectivity index (χ2v) is 7.57. The minimum Gasteiger partial charge on any atom is -0.360 e. The third-order valence-electron chi connectivity index (χ3n) is 5.34. The Labute approximate surface area is 189 Å². The molecule has 0 aliphatic rings. The number of amides is 2. The molecule has 1 N–H and O–H groups in total. The summed E-state index contributed by atoms with van der Waals surface area (Å²) in [6.45, 7) is 8.76. The summed E-state index contributed by atoms with van der Waals surface area (Å²) in [5.74, 6) is 0.458. The summed E-state index contributed by atoms with van der Waals surface area (Å²) in [5, 5.41) is 6.48. The van der Waals surface area contributed by atoms with E-state index >= 15 is 0 Å². The molecular formula is C25H30N4O3. The van der Waals surface area contributed by atoms with Gasteiger partial charge in [-0.25, -0.2) is 0 Å². The van der Waals surface area contributed by atoms with Gasteiger partial charge in [0, 0.05) is 24.7 Å². The monoisotopic (exact) mass is 434 g/mol. The van der Waals surface area contributed by atoms with Crippen molar-refractivity contribution in [3.8, 4) is 11.1 Å². The van der Waals surface area contributed by atoms with E-state index in [1.54, 1.807) is 17.9 Å². The van der Waals surface area contributed by atoms with Crippen LogP contribution in [0.4, 0.5) is 5.82 Å². The molecule has 3 aromatic rings. The molecule has 7 nitrogen and oxygen atoms in total. The predicted octanol–water partition coefficient (Wildman–Crippen LogP) is 4.07. The van der Waals surface area contributed by atoms with Gasteiger partial charge in [0.2, 0.25) is 5.91 Å². The van der Waals surface area contributed by atoms with Gasteiger partial charge in [0.15, 0.2) is 5.82 Å². The third kappa shape index (κ3) is 6.28. The van der Waals surface area contributed by atoms with E-state index in [9.17, 15) is 9.59 Å². The normalized spacial score (nSPS) is 10.9. The molecule has 0 unspecified atom stereocenters. The standard InChI is InChI=1S/C25H30N4O3/c1-4-28(5-2)15-16-29(18-24(30)26-23-17-19(3)32-27-23)25(31)22-13-11-21(12-14-22)20-9-7-6-8-10-20/h6-14,17H,4-5,15-16,18H2,1-3H3,(H,26,27,30). The van der Waals surface area contributed by atoms with Gasteiger partial charge in [-0.05, 0) is 43.3 Å². The number of carbonyl (C=O) groups excluding carboxylic acids is 2. The van der Waals surface area contributed by atoms with Crippen LogP contribution in [0, 0.1) is 6.92 Å². The van der Waals surface area contributed by atoms with Crippen LogP contribution in [-0.4, -0.2) is 59.5 Å². The summed E-state index contributed by atoms with van der Waals surface area (Å²) in [7, 11) is 0. The molecule has 2 aromatic carbocycles. The highest BCUT2D eigenvalue weighted by Gasteiger charge is 2.20. The molecule has 0 aliphatic heterocycles. The van der Waals surface area contributed by atoms with Gasteiger partial charge in [0.1, 0.15) is 12.3 Å². The van der Waals surface area contributed by atoms with Crippen LogP contribution >= 0.6 is 0 Å². The first-order chi connectivity index (χ1) is 15.5. The predicted molar refractivity (Wildman–Crippen MR) is 125 cm³/mol. The lowest BCUT2D eigenvalue weighted by Crippen LogP contribution is -2.42. The molecule has 2 amide bonds. The number of nitrogens with zero attached hydrogens (tertiary/aromatic N) is 3. The van der Waals surface area contributed by atoms with Gasteiger partial charge < -0.3 is 19.6 Å². The van der Waals surface area contributed by atoms with E-state index in [4.69, 9.17) is 4.52 Å². The summed E-state index contributed by atoms with van der Waals surface area (Å²) in [6, 6.07) is 19.1. The van der Waals surface area contributed by atoms with Crippen LogP contribution in [0.25, 0.3) is 11.1 Å². The average molecular weight is 435 g/mol. The van der Waals surface area contributed by atoms with E-state index in [-0.39, 0.29) is 18.4 Å². The Morgan fingerprint density at radius 1 is 0.938 bits per heavy atom. The first kappa shape index (κ1) is 23.2. The van der Waals surface area contributed by atoms with Crippen molar-refractivity contribution in [2.75, 3.05) is 38.0 Å². The number of anilines is 1. The van der Waals surface area contributed by atoms with E-state index in [0.29, 0.717) is 30.2 Å². The SMILES string of the molecule is CCN(CC)CCN(CC(=O)Nc1cc(C)on1)C(=O)c1ccc(-c2ccccc2)cc1. The average Bonchev–Trinajstić information content (AvgIpc) is 3.23. The number of aryl methyl sites for hydroxylation is 1. The Bertz CT molecular complexity index is 1010. The molecule has 7 heteroatoms. The van der Waals surface area contributed by atoms with Gasteiger partial charge in [-0.2, -0.15) is 0 Å². The van der Waals surface area contributed by atoms with Crippen molar-refractivity contribution in [2.45, 2.75) is 20.8 Å². The van der Waals surface area contributed by atoms with Crippen LogP contribution in [-0.2, 0) is 4.79 Å². The van der Waals surface area contributed by atoms with Crippen LogP contribution in [0.5, 0.6) is 0 Å². The Hall–Kier alpha value is -3.45.